The van der Waals surface area contributed by atoms with Gasteiger partial charge >= 0.3 is 17.4 Å². The molecule has 0 aliphatic heterocycles. The van der Waals surface area contributed by atoms with E-state index >= 15 is 0 Å². The van der Waals surface area contributed by atoms with Crippen LogP contribution in [0.2, 0.25) is 5.02 Å². The maximum absolute atomic E-state index is 11.7. The molecule has 3 rings (SSSR count). The molecule has 2 aromatic carbocycles. The van der Waals surface area contributed by atoms with Crippen molar-refractivity contribution in [2.24, 2.45) is 0 Å². The zero-order chi connectivity index (χ0) is 20.4. The number of rotatable bonds is 5. The fraction of sp³-hybridized carbons (Fsp3) is 0.200. The van der Waals surface area contributed by atoms with E-state index in [-0.39, 0.29) is 11.8 Å². The van der Waals surface area contributed by atoms with E-state index in [1.165, 1.54) is 0 Å². The van der Waals surface area contributed by atoms with E-state index in [4.69, 9.17) is 21.1 Å². The minimum atomic E-state index is -0.622. The van der Waals surface area contributed by atoms with Crippen molar-refractivity contribution in [2.75, 3.05) is 0 Å². The molecule has 7 nitrogen and oxygen atoms in total. The molecule has 0 amide bonds. The van der Waals surface area contributed by atoms with Crippen LogP contribution in [0.25, 0.3) is 0 Å². The first-order valence-corrected chi connectivity index (χ1v) is 8.82. The molecule has 0 fully saturated rings. The molecule has 0 unspecified atom stereocenters. The molecule has 28 heavy (non-hydrogen) atoms. The van der Waals surface area contributed by atoms with Crippen molar-refractivity contribution < 1.29 is 14.4 Å². The van der Waals surface area contributed by atoms with Gasteiger partial charge in [-0.15, -0.1) is 0 Å². The first-order valence-electron chi connectivity index (χ1n) is 8.44. The Bertz CT molecular complexity index is 1030. The molecule has 144 valence electrons. The summed E-state index contributed by atoms with van der Waals surface area (Å²) in [5, 5.41) is 12.3. The van der Waals surface area contributed by atoms with Gasteiger partial charge in [-0.1, -0.05) is 17.7 Å². The standard InChI is InChI=1S/C20H18ClN3O4/c1-11-5-12(2)7-15(6-11)27-19-18(24(25)26)20(23-10-22-19)28-16-8-13(3)17(21)14(4)9-16/h5-10H,1-4H3. The number of nitro groups is 1. The summed E-state index contributed by atoms with van der Waals surface area (Å²) in [7, 11) is 0. The highest BCUT2D eigenvalue weighted by Gasteiger charge is 2.27. The first-order chi connectivity index (χ1) is 13.2. The third kappa shape index (κ3) is 4.20. The summed E-state index contributed by atoms with van der Waals surface area (Å²) in [5.74, 6) is 0.435. The van der Waals surface area contributed by atoms with E-state index < -0.39 is 10.6 Å². The molecular formula is C20H18ClN3O4. The first kappa shape index (κ1) is 19.6. The van der Waals surface area contributed by atoms with Gasteiger partial charge in [-0.05, 0) is 74.2 Å². The zero-order valence-corrected chi connectivity index (χ0v) is 16.6. The van der Waals surface area contributed by atoms with Gasteiger partial charge in [-0.2, -0.15) is 9.97 Å². The lowest BCUT2D eigenvalue weighted by Crippen LogP contribution is -2.01. The van der Waals surface area contributed by atoms with Crippen LogP contribution < -0.4 is 9.47 Å². The maximum atomic E-state index is 11.7. The van der Waals surface area contributed by atoms with Gasteiger partial charge in [0.15, 0.2) is 0 Å². The number of aromatic nitrogens is 2. The highest BCUT2D eigenvalue weighted by atomic mass is 35.5. The number of nitrogens with zero attached hydrogens (tertiary/aromatic N) is 3. The van der Waals surface area contributed by atoms with E-state index in [0.29, 0.717) is 16.5 Å². The lowest BCUT2D eigenvalue weighted by Gasteiger charge is -2.11. The van der Waals surface area contributed by atoms with Gasteiger partial charge in [0, 0.05) is 5.02 Å². The third-order valence-electron chi connectivity index (χ3n) is 3.97. The van der Waals surface area contributed by atoms with Crippen LogP contribution in [-0.2, 0) is 0 Å². The molecule has 0 saturated heterocycles. The summed E-state index contributed by atoms with van der Waals surface area (Å²) in [6.45, 7) is 7.47. The van der Waals surface area contributed by atoms with Crippen molar-refractivity contribution in [1.82, 2.24) is 9.97 Å². The molecule has 0 radical (unpaired) electrons. The SMILES string of the molecule is Cc1cc(C)cc(Oc2ncnc(Oc3cc(C)c(Cl)c(C)c3)c2[N+](=O)[O-])c1. The van der Waals surface area contributed by atoms with Crippen molar-refractivity contribution in [3.8, 4) is 23.3 Å². The fourth-order valence-electron chi connectivity index (χ4n) is 2.83. The van der Waals surface area contributed by atoms with Gasteiger partial charge in [0.05, 0.1) is 4.92 Å². The minimum absolute atomic E-state index is 0.192. The molecule has 0 spiro atoms. The van der Waals surface area contributed by atoms with Crippen molar-refractivity contribution >= 4 is 17.3 Å². The number of halogens is 1. The predicted octanol–water partition coefficient (Wildman–Crippen LogP) is 5.86. The Balaban J connectivity index is 2.01. The third-order valence-corrected chi connectivity index (χ3v) is 4.57. The number of aryl methyl sites for hydroxylation is 4. The second-order valence-electron chi connectivity index (χ2n) is 6.49. The van der Waals surface area contributed by atoms with Crippen LogP contribution in [0.1, 0.15) is 22.3 Å². The summed E-state index contributed by atoms with van der Waals surface area (Å²) in [6, 6.07) is 8.88. The Labute approximate surface area is 167 Å². The lowest BCUT2D eigenvalue weighted by atomic mass is 10.1. The number of hydrogen-bond acceptors (Lipinski definition) is 6. The van der Waals surface area contributed by atoms with Gasteiger partial charge in [-0.25, -0.2) is 0 Å². The topological polar surface area (TPSA) is 87.4 Å². The van der Waals surface area contributed by atoms with Crippen molar-refractivity contribution in [3.05, 3.63) is 74.0 Å². The zero-order valence-electron chi connectivity index (χ0n) is 15.8. The normalized spacial score (nSPS) is 10.6. The molecule has 8 heteroatoms. The highest BCUT2D eigenvalue weighted by Crippen LogP contribution is 2.38. The maximum Gasteiger partial charge on any atom is 0.393 e. The summed E-state index contributed by atoms with van der Waals surface area (Å²) in [4.78, 5) is 18.9. The Hall–Kier alpha value is -3.19. The summed E-state index contributed by atoms with van der Waals surface area (Å²) < 4.78 is 11.4. The average molecular weight is 400 g/mol. The number of ether oxygens (including phenoxy) is 2. The van der Waals surface area contributed by atoms with Gasteiger partial charge in [0.2, 0.25) is 0 Å². The van der Waals surface area contributed by atoms with Gasteiger partial charge in [0.1, 0.15) is 17.8 Å². The summed E-state index contributed by atoms with van der Waals surface area (Å²) in [5.41, 5.74) is 3.07. The van der Waals surface area contributed by atoms with Gasteiger partial charge in [0.25, 0.3) is 0 Å². The molecule has 0 atom stereocenters. The van der Waals surface area contributed by atoms with Crippen LogP contribution in [-0.4, -0.2) is 14.9 Å². The molecule has 0 bridgehead atoms. The molecule has 0 N–H and O–H groups in total. The Morgan fingerprint density at radius 3 is 1.79 bits per heavy atom. The molecule has 0 aliphatic carbocycles. The number of benzene rings is 2. The predicted molar refractivity (Wildman–Crippen MR) is 106 cm³/mol. The lowest BCUT2D eigenvalue weighted by molar-refractivity contribution is -0.387. The minimum Gasteiger partial charge on any atom is -0.433 e. The average Bonchev–Trinajstić information content (AvgIpc) is 2.58. The van der Waals surface area contributed by atoms with E-state index in [1.54, 1.807) is 24.3 Å². The van der Waals surface area contributed by atoms with E-state index in [1.807, 2.05) is 33.8 Å². The molecule has 0 aliphatic rings. The second-order valence-corrected chi connectivity index (χ2v) is 6.87. The van der Waals surface area contributed by atoms with Crippen LogP contribution >= 0.6 is 11.6 Å². The van der Waals surface area contributed by atoms with Crippen molar-refractivity contribution in [2.45, 2.75) is 27.7 Å². The van der Waals surface area contributed by atoms with Crippen LogP contribution in [0.3, 0.4) is 0 Å². The van der Waals surface area contributed by atoms with Crippen molar-refractivity contribution in [1.29, 1.82) is 0 Å². The van der Waals surface area contributed by atoms with Crippen molar-refractivity contribution in [3.63, 3.8) is 0 Å². The smallest absolute Gasteiger partial charge is 0.393 e. The van der Waals surface area contributed by atoms with Crippen LogP contribution in [0.4, 0.5) is 5.69 Å². The second kappa shape index (κ2) is 7.82. The summed E-state index contributed by atoms with van der Waals surface area (Å²) >= 11 is 6.17. The molecule has 3 aromatic rings. The number of hydrogen-bond donors (Lipinski definition) is 0. The van der Waals surface area contributed by atoms with E-state index in [2.05, 4.69) is 9.97 Å². The highest BCUT2D eigenvalue weighted by molar-refractivity contribution is 6.32. The van der Waals surface area contributed by atoms with Crippen LogP contribution in [0.5, 0.6) is 23.3 Å². The monoisotopic (exact) mass is 399 g/mol. The fourth-order valence-corrected chi connectivity index (χ4v) is 2.94. The van der Waals surface area contributed by atoms with E-state index in [0.717, 1.165) is 28.6 Å². The molecular weight excluding hydrogens is 382 g/mol. The van der Waals surface area contributed by atoms with Gasteiger partial charge < -0.3 is 9.47 Å². The Morgan fingerprint density at radius 2 is 1.32 bits per heavy atom. The quantitative estimate of drug-likeness (QED) is 0.394. The molecule has 1 heterocycles. The molecule has 1 aromatic heterocycles. The van der Waals surface area contributed by atoms with Crippen LogP contribution in [0.15, 0.2) is 36.7 Å². The molecule has 0 saturated carbocycles. The Morgan fingerprint density at radius 1 is 0.857 bits per heavy atom. The van der Waals surface area contributed by atoms with Crippen LogP contribution in [0, 0.1) is 37.8 Å². The van der Waals surface area contributed by atoms with E-state index in [9.17, 15) is 10.1 Å². The largest absolute Gasteiger partial charge is 0.433 e. The summed E-state index contributed by atoms with van der Waals surface area (Å²) in [6.07, 6.45) is 1.16. The Kier molecular flexibility index (Phi) is 5.46. The van der Waals surface area contributed by atoms with Gasteiger partial charge in [-0.3, -0.25) is 10.1 Å².